The van der Waals surface area contributed by atoms with Crippen molar-refractivity contribution in [1.29, 1.82) is 5.26 Å². The van der Waals surface area contributed by atoms with Gasteiger partial charge in [-0.1, -0.05) is 0 Å². The fourth-order valence-electron chi connectivity index (χ4n) is 1.44. The Labute approximate surface area is 104 Å². The van der Waals surface area contributed by atoms with E-state index in [-0.39, 0.29) is 0 Å². The number of hydrogen-bond donors (Lipinski definition) is 1. The van der Waals surface area contributed by atoms with Gasteiger partial charge in [-0.2, -0.15) is 5.26 Å². The van der Waals surface area contributed by atoms with Gasteiger partial charge in [0.1, 0.15) is 16.7 Å². The fourth-order valence-corrected chi connectivity index (χ4v) is 2.21. The fraction of sp³-hybridized carbons (Fsp3) is 0.333. The molecule has 88 valence electrons. The summed E-state index contributed by atoms with van der Waals surface area (Å²) < 4.78 is 5.46. The van der Waals surface area contributed by atoms with Crippen molar-refractivity contribution in [2.75, 3.05) is 0 Å². The zero-order chi connectivity index (χ0) is 12.3. The number of aromatic nitrogens is 1. The number of aryl methyl sites for hydroxylation is 2. The van der Waals surface area contributed by atoms with E-state index in [2.05, 4.69) is 16.4 Å². The molecule has 0 bridgehead atoms. The van der Waals surface area contributed by atoms with Gasteiger partial charge in [0.15, 0.2) is 0 Å². The molecule has 0 atom stereocenters. The summed E-state index contributed by atoms with van der Waals surface area (Å²) in [5.41, 5.74) is 0.935. The molecule has 0 aliphatic carbocycles. The maximum absolute atomic E-state index is 8.70. The SMILES string of the molecule is Cc1nc(CNCc2ccc(C#N)s2)oc1C. The van der Waals surface area contributed by atoms with Gasteiger partial charge in [0.25, 0.3) is 0 Å². The van der Waals surface area contributed by atoms with E-state index >= 15 is 0 Å². The molecule has 0 aromatic carbocycles. The molecule has 0 unspecified atom stereocenters. The molecule has 0 saturated carbocycles. The van der Waals surface area contributed by atoms with Gasteiger partial charge in [0.2, 0.25) is 5.89 Å². The van der Waals surface area contributed by atoms with E-state index < -0.39 is 0 Å². The highest BCUT2D eigenvalue weighted by molar-refractivity contribution is 7.12. The van der Waals surface area contributed by atoms with Crippen LogP contribution in [0.5, 0.6) is 0 Å². The molecule has 0 aliphatic heterocycles. The summed E-state index contributed by atoms with van der Waals surface area (Å²) in [5.74, 6) is 1.57. The van der Waals surface area contributed by atoms with Crippen molar-refractivity contribution < 1.29 is 4.42 Å². The number of hydrogen-bond acceptors (Lipinski definition) is 5. The van der Waals surface area contributed by atoms with E-state index in [1.807, 2.05) is 26.0 Å². The molecular formula is C12H13N3OS. The van der Waals surface area contributed by atoms with Crippen LogP contribution in [0.15, 0.2) is 16.5 Å². The topological polar surface area (TPSA) is 61.9 Å². The van der Waals surface area contributed by atoms with Gasteiger partial charge >= 0.3 is 0 Å². The second-order valence-corrected chi connectivity index (χ2v) is 4.90. The summed E-state index contributed by atoms with van der Waals surface area (Å²) in [5, 5.41) is 11.9. The number of thiophene rings is 1. The van der Waals surface area contributed by atoms with Crippen LogP contribution < -0.4 is 5.32 Å². The summed E-state index contributed by atoms with van der Waals surface area (Å²) in [6.07, 6.45) is 0. The lowest BCUT2D eigenvalue weighted by Crippen LogP contribution is -2.11. The summed E-state index contributed by atoms with van der Waals surface area (Å²) in [6.45, 7) is 5.17. The van der Waals surface area contributed by atoms with Crippen molar-refractivity contribution in [3.63, 3.8) is 0 Å². The van der Waals surface area contributed by atoms with Crippen LogP contribution in [0.2, 0.25) is 0 Å². The van der Waals surface area contributed by atoms with Gasteiger partial charge in [-0.05, 0) is 26.0 Å². The van der Waals surface area contributed by atoms with Gasteiger partial charge in [-0.15, -0.1) is 11.3 Å². The average molecular weight is 247 g/mol. The number of oxazole rings is 1. The predicted molar refractivity (Wildman–Crippen MR) is 65.6 cm³/mol. The largest absolute Gasteiger partial charge is 0.444 e. The maximum Gasteiger partial charge on any atom is 0.208 e. The molecule has 0 aliphatic rings. The molecule has 0 amide bonds. The third-order valence-electron chi connectivity index (χ3n) is 2.42. The number of rotatable bonds is 4. The van der Waals surface area contributed by atoms with E-state index in [0.29, 0.717) is 12.4 Å². The Bertz CT molecular complexity index is 531. The Kier molecular flexibility index (Phi) is 3.57. The molecule has 2 aromatic heterocycles. The van der Waals surface area contributed by atoms with Crippen molar-refractivity contribution >= 4 is 11.3 Å². The van der Waals surface area contributed by atoms with E-state index in [1.54, 1.807) is 0 Å². The van der Waals surface area contributed by atoms with Gasteiger partial charge in [0.05, 0.1) is 12.2 Å². The monoisotopic (exact) mass is 247 g/mol. The maximum atomic E-state index is 8.70. The van der Waals surface area contributed by atoms with Gasteiger partial charge in [0, 0.05) is 11.4 Å². The van der Waals surface area contributed by atoms with Crippen LogP contribution in [-0.2, 0) is 13.1 Å². The number of nitriles is 1. The minimum atomic E-state index is 0.606. The van der Waals surface area contributed by atoms with Crippen LogP contribution in [0.25, 0.3) is 0 Å². The lowest BCUT2D eigenvalue weighted by atomic mass is 10.4. The lowest BCUT2D eigenvalue weighted by molar-refractivity contribution is 0.449. The van der Waals surface area contributed by atoms with Crippen molar-refractivity contribution in [2.24, 2.45) is 0 Å². The molecule has 17 heavy (non-hydrogen) atoms. The molecule has 0 fully saturated rings. The van der Waals surface area contributed by atoms with Crippen LogP contribution in [0.3, 0.4) is 0 Å². The smallest absolute Gasteiger partial charge is 0.208 e. The average Bonchev–Trinajstić information content (AvgIpc) is 2.87. The van der Waals surface area contributed by atoms with Gasteiger partial charge in [-0.25, -0.2) is 4.98 Å². The van der Waals surface area contributed by atoms with Crippen molar-refractivity contribution in [3.05, 3.63) is 39.2 Å². The van der Waals surface area contributed by atoms with Crippen molar-refractivity contribution in [1.82, 2.24) is 10.3 Å². The van der Waals surface area contributed by atoms with Crippen molar-refractivity contribution in [2.45, 2.75) is 26.9 Å². The number of nitrogens with zero attached hydrogens (tertiary/aromatic N) is 2. The van der Waals surface area contributed by atoms with E-state index in [9.17, 15) is 0 Å². The summed E-state index contributed by atoms with van der Waals surface area (Å²) in [4.78, 5) is 6.17. The van der Waals surface area contributed by atoms with Gasteiger partial charge in [-0.3, -0.25) is 0 Å². The Hall–Kier alpha value is -1.64. The molecular weight excluding hydrogens is 234 g/mol. The highest BCUT2D eigenvalue weighted by Crippen LogP contribution is 2.15. The minimum Gasteiger partial charge on any atom is -0.444 e. The highest BCUT2D eigenvalue weighted by Gasteiger charge is 2.05. The quantitative estimate of drug-likeness (QED) is 0.901. The zero-order valence-corrected chi connectivity index (χ0v) is 10.6. The first-order valence-electron chi connectivity index (χ1n) is 5.31. The minimum absolute atomic E-state index is 0.606. The van der Waals surface area contributed by atoms with Crippen LogP contribution in [0.4, 0.5) is 0 Å². The third-order valence-corrected chi connectivity index (χ3v) is 3.41. The molecule has 0 saturated heterocycles. The summed E-state index contributed by atoms with van der Waals surface area (Å²) in [6, 6.07) is 5.92. The first kappa shape index (κ1) is 11.8. The van der Waals surface area contributed by atoms with Crippen LogP contribution in [-0.4, -0.2) is 4.98 Å². The standard InChI is InChI=1S/C12H13N3OS/c1-8-9(2)16-12(15-8)7-14-6-11-4-3-10(5-13)17-11/h3-4,14H,6-7H2,1-2H3. The normalized spacial score (nSPS) is 10.4. The lowest BCUT2D eigenvalue weighted by Gasteiger charge is -1.98. The number of nitrogens with one attached hydrogen (secondary N) is 1. The molecule has 1 N–H and O–H groups in total. The summed E-state index contributed by atoms with van der Waals surface area (Å²) >= 11 is 1.50. The molecule has 5 heteroatoms. The highest BCUT2D eigenvalue weighted by atomic mass is 32.1. The Morgan fingerprint density at radius 3 is 2.82 bits per heavy atom. The first-order chi connectivity index (χ1) is 8.19. The zero-order valence-electron chi connectivity index (χ0n) is 9.78. The Morgan fingerprint density at radius 2 is 2.24 bits per heavy atom. The second kappa shape index (κ2) is 5.13. The molecule has 2 rings (SSSR count). The van der Waals surface area contributed by atoms with E-state index in [1.165, 1.54) is 11.3 Å². The molecule has 4 nitrogen and oxygen atoms in total. The van der Waals surface area contributed by atoms with Crippen LogP contribution in [0.1, 0.15) is 27.1 Å². The predicted octanol–water partition coefficient (Wildman–Crippen LogP) is 2.51. The van der Waals surface area contributed by atoms with Crippen molar-refractivity contribution in [3.8, 4) is 6.07 Å². The first-order valence-corrected chi connectivity index (χ1v) is 6.13. The Morgan fingerprint density at radius 1 is 1.41 bits per heavy atom. The van der Waals surface area contributed by atoms with Crippen LogP contribution in [0, 0.1) is 25.2 Å². The molecule has 2 aromatic rings. The third kappa shape index (κ3) is 2.93. The molecule has 0 radical (unpaired) electrons. The Balaban J connectivity index is 1.85. The van der Waals surface area contributed by atoms with E-state index in [4.69, 9.17) is 9.68 Å². The second-order valence-electron chi connectivity index (χ2n) is 3.73. The van der Waals surface area contributed by atoms with Crippen LogP contribution >= 0.6 is 11.3 Å². The van der Waals surface area contributed by atoms with Gasteiger partial charge < -0.3 is 9.73 Å². The van der Waals surface area contributed by atoms with E-state index in [0.717, 1.165) is 27.8 Å². The molecule has 0 spiro atoms. The molecule has 2 heterocycles. The summed E-state index contributed by atoms with van der Waals surface area (Å²) in [7, 11) is 0.